The van der Waals surface area contributed by atoms with Crippen LogP contribution >= 0.6 is 11.6 Å². The molecule has 0 radical (unpaired) electrons. The summed E-state index contributed by atoms with van der Waals surface area (Å²) in [5.74, 6) is 0.199. The van der Waals surface area contributed by atoms with Gasteiger partial charge in [0.15, 0.2) is 6.61 Å². The lowest BCUT2D eigenvalue weighted by Gasteiger charge is -2.15. The maximum Gasteiger partial charge on any atom is 0.258 e. The van der Waals surface area contributed by atoms with Crippen LogP contribution in [0.4, 0.5) is 5.69 Å². The van der Waals surface area contributed by atoms with Crippen LogP contribution in [-0.2, 0) is 9.59 Å². The van der Waals surface area contributed by atoms with Crippen molar-refractivity contribution in [3.8, 4) is 5.75 Å². The smallest absolute Gasteiger partial charge is 0.258 e. The number of hydrogen-bond donors (Lipinski definition) is 2. The Labute approximate surface area is 152 Å². The van der Waals surface area contributed by atoms with E-state index in [9.17, 15) is 9.59 Å². The van der Waals surface area contributed by atoms with Crippen LogP contribution in [0.5, 0.6) is 5.75 Å². The summed E-state index contributed by atoms with van der Waals surface area (Å²) >= 11 is 5.98. The second-order valence-electron chi connectivity index (χ2n) is 5.53. The van der Waals surface area contributed by atoms with E-state index in [0.717, 1.165) is 11.3 Å². The van der Waals surface area contributed by atoms with Crippen molar-refractivity contribution in [3.05, 3.63) is 59.1 Å². The number of rotatable bonds is 7. The quantitative estimate of drug-likeness (QED) is 0.785. The summed E-state index contributed by atoms with van der Waals surface area (Å²) in [6.45, 7) is 3.57. The van der Waals surface area contributed by atoms with Crippen molar-refractivity contribution in [2.75, 3.05) is 11.9 Å². The van der Waals surface area contributed by atoms with Crippen molar-refractivity contribution >= 4 is 29.1 Å². The molecule has 2 aromatic rings. The van der Waals surface area contributed by atoms with Gasteiger partial charge in [0.2, 0.25) is 5.91 Å². The van der Waals surface area contributed by atoms with Gasteiger partial charge in [-0.2, -0.15) is 0 Å². The van der Waals surface area contributed by atoms with Gasteiger partial charge in [-0.1, -0.05) is 42.8 Å². The van der Waals surface area contributed by atoms with E-state index in [0.29, 0.717) is 17.2 Å². The molecule has 0 bridgehead atoms. The van der Waals surface area contributed by atoms with E-state index in [1.54, 1.807) is 31.2 Å². The monoisotopic (exact) mass is 360 g/mol. The number of carbonyl (C=O) groups excluding carboxylic acids is 2. The Balaban J connectivity index is 1.86. The minimum absolute atomic E-state index is 0.0363. The molecule has 0 aliphatic rings. The summed E-state index contributed by atoms with van der Waals surface area (Å²) in [5, 5.41) is 6.11. The molecule has 1 atom stereocenters. The first kappa shape index (κ1) is 18.8. The molecular formula is C19H21ClN2O3. The van der Waals surface area contributed by atoms with Gasteiger partial charge in [-0.25, -0.2) is 0 Å². The number of benzene rings is 2. The van der Waals surface area contributed by atoms with E-state index in [-0.39, 0.29) is 24.5 Å². The predicted molar refractivity (Wildman–Crippen MR) is 98.9 cm³/mol. The van der Waals surface area contributed by atoms with Gasteiger partial charge in [-0.3, -0.25) is 9.59 Å². The number of para-hydroxylation sites is 1. The highest BCUT2D eigenvalue weighted by atomic mass is 35.5. The number of anilines is 1. The van der Waals surface area contributed by atoms with E-state index >= 15 is 0 Å². The van der Waals surface area contributed by atoms with Gasteiger partial charge in [0.25, 0.3) is 5.91 Å². The van der Waals surface area contributed by atoms with Crippen LogP contribution in [0.2, 0.25) is 5.02 Å². The lowest BCUT2D eigenvalue weighted by molar-refractivity contribution is -0.123. The number of halogens is 1. The van der Waals surface area contributed by atoms with E-state index in [4.69, 9.17) is 16.3 Å². The van der Waals surface area contributed by atoms with E-state index in [1.165, 1.54) is 0 Å². The van der Waals surface area contributed by atoms with Crippen LogP contribution in [0.15, 0.2) is 48.5 Å². The Morgan fingerprint density at radius 3 is 2.40 bits per heavy atom. The Morgan fingerprint density at radius 1 is 1.08 bits per heavy atom. The van der Waals surface area contributed by atoms with Crippen molar-refractivity contribution in [2.24, 2.45) is 0 Å². The molecule has 0 saturated heterocycles. The minimum atomic E-state index is -0.240. The van der Waals surface area contributed by atoms with E-state index < -0.39 is 0 Å². The molecule has 0 spiro atoms. The van der Waals surface area contributed by atoms with Gasteiger partial charge < -0.3 is 15.4 Å². The zero-order valence-electron chi connectivity index (χ0n) is 14.2. The lowest BCUT2D eigenvalue weighted by Crippen LogP contribution is -2.31. The summed E-state index contributed by atoms with van der Waals surface area (Å²) in [4.78, 5) is 23.4. The molecule has 0 aromatic heterocycles. The minimum Gasteiger partial charge on any atom is -0.482 e. The van der Waals surface area contributed by atoms with Gasteiger partial charge in [0.1, 0.15) is 5.75 Å². The van der Waals surface area contributed by atoms with E-state index in [1.807, 2.05) is 31.2 Å². The molecule has 2 amide bonds. The standard InChI is InChI=1S/C19H21ClN2O3/c1-3-18(23)22-15-10-8-14(9-11-15)13(2)21-19(24)12-25-17-7-5-4-6-16(17)20/h4-11,13H,3,12H2,1-2H3,(H,21,24)(H,22,23). The zero-order chi connectivity index (χ0) is 18.2. The Kier molecular flexibility index (Phi) is 6.83. The van der Waals surface area contributed by atoms with Crippen molar-refractivity contribution in [2.45, 2.75) is 26.3 Å². The normalized spacial score (nSPS) is 11.5. The SMILES string of the molecule is CCC(=O)Nc1ccc(C(C)NC(=O)COc2ccccc2Cl)cc1. The second kappa shape index (κ2) is 9.08. The molecule has 5 nitrogen and oxygen atoms in total. The summed E-state index contributed by atoms with van der Waals surface area (Å²) in [6.07, 6.45) is 0.430. The Morgan fingerprint density at radius 2 is 1.76 bits per heavy atom. The van der Waals surface area contributed by atoms with Crippen LogP contribution < -0.4 is 15.4 Å². The highest BCUT2D eigenvalue weighted by molar-refractivity contribution is 6.32. The molecule has 25 heavy (non-hydrogen) atoms. The van der Waals surface area contributed by atoms with Crippen LogP contribution in [0.1, 0.15) is 31.9 Å². The molecule has 0 heterocycles. The molecule has 0 fully saturated rings. The maximum atomic E-state index is 12.0. The summed E-state index contributed by atoms with van der Waals surface area (Å²) < 4.78 is 5.42. The van der Waals surface area contributed by atoms with Gasteiger partial charge in [0, 0.05) is 12.1 Å². The first-order valence-corrected chi connectivity index (χ1v) is 8.44. The topological polar surface area (TPSA) is 67.4 Å². The largest absolute Gasteiger partial charge is 0.482 e. The van der Waals surface area contributed by atoms with Gasteiger partial charge in [-0.15, -0.1) is 0 Å². The van der Waals surface area contributed by atoms with Crippen LogP contribution in [0.3, 0.4) is 0 Å². The molecular weight excluding hydrogens is 340 g/mol. The number of hydrogen-bond acceptors (Lipinski definition) is 3. The van der Waals surface area contributed by atoms with Gasteiger partial charge in [-0.05, 0) is 36.8 Å². The number of amides is 2. The average Bonchev–Trinajstić information content (AvgIpc) is 2.61. The fourth-order valence-corrected chi connectivity index (χ4v) is 2.37. The predicted octanol–water partition coefficient (Wildman–Crippen LogP) is 3.94. The van der Waals surface area contributed by atoms with E-state index in [2.05, 4.69) is 10.6 Å². The zero-order valence-corrected chi connectivity index (χ0v) is 15.0. The lowest BCUT2D eigenvalue weighted by atomic mass is 10.1. The maximum absolute atomic E-state index is 12.0. The van der Waals surface area contributed by atoms with Crippen molar-refractivity contribution in [3.63, 3.8) is 0 Å². The molecule has 2 rings (SSSR count). The number of nitrogens with one attached hydrogen (secondary N) is 2. The van der Waals surface area contributed by atoms with Gasteiger partial charge >= 0.3 is 0 Å². The third kappa shape index (κ3) is 5.80. The van der Waals surface area contributed by atoms with Crippen molar-refractivity contribution < 1.29 is 14.3 Å². The summed E-state index contributed by atoms with van der Waals surface area (Å²) in [6, 6.07) is 14.2. The van der Waals surface area contributed by atoms with Crippen LogP contribution in [0.25, 0.3) is 0 Å². The van der Waals surface area contributed by atoms with Gasteiger partial charge in [0.05, 0.1) is 11.1 Å². The highest BCUT2D eigenvalue weighted by Gasteiger charge is 2.11. The fraction of sp³-hybridized carbons (Fsp3) is 0.263. The number of carbonyl (C=O) groups is 2. The summed E-state index contributed by atoms with van der Waals surface area (Å²) in [7, 11) is 0. The molecule has 0 aliphatic heterocycles. The molecule has 1 unspecified atom stereocenters. The molecule has 2 N–H and O–H groups in total. The third-order valence-electron chi connectivity index (χ3n) is 3.59. The highest BCUT2D eigenvalue weighted by Crippen LogP contribution is 2.23. The molecule has 0 aliphatic carbocycles. The third-order valence-corrected chi connectivity index (χ3v) is 3.90. The summed E-state index contributed by atoms with van der Waals surface area (Å²) in [5.41, 5.74) is 1.66. The molecule has 2 aromatic carbocycles. The molecule has 6 heteroatoms. The fourth-order valence-electron chi connectivity index (χ4n) is 2.18. The van der Waals surface area contributed by atoms with Crippen molar-refractivity contribution in [1.29, 1.82) is 0 Å². The first-order valence-electron chi connectivity index (χ1n) is 8.06. The van der Waals surface area contributed by atoms with Crippen LogP contribution in [0, 0.1) is 0 Å². The first-order chi connectivity index (χ1) is 12.0. The number of ether oxygens (including phenoxy) is 1. The Bertz CT molecular complexity index is 732. The van der Waals surface area contributed by atoms with Crippen molar-refractivity contribution in [1.82, 2.24) is 5.32 Å². The molecule has 132 valence electrons. The second-order valence-corrected chi connectivity index (χ2v) is 5.94. The molecule has 0 saturated carbocycles. The average molecular weight is 361 g/mol. The Hall–Kier alpha value is -2.53. The van der Waals surface area contributed by atoms with Crippen LogP contribution in [-0.4, -0.2) is 18.4 Å².